The zero-order valence-corrected chi connectivity index (χ0v) is 17.1. The Morgan fingerprint density at radius 1 is 0.724 bits per heavy atom. The Kier molecular flexibility index (Phi) is 10.5. The van der Waals surface area contributed by atoms with E-state index in [9.17, 15) is 9.59 Å². The van der Waals surface area contributed by atoms with Crippen molar-refractivity contribution in [2.75, 3.05) is 13.2 Å². The normalized spacial score (nSPS) is 10.5. The van der Waals surface area contributed by atoms with E-state index in [1.807, 2.05) is 6.07 Å². The van der Waals surface area contributed by atoms with Gasteiger partial charge in [-0.2, -0.15) is 0 Å². The molecule has 156 valence electrons. The summed E-state index contributed by atoms with van der Waals surface area (Å²) in [5.74, 6) is 0.0564. The molecule has 0 saturated heterocycles. The van der Waals surface area contributed by atoms with Crippen LogP contribution >= 0.6 is 0 Å². The average molecular weight is 398 g/mol. The lowest BCUT2D eigenvalue weighted by molar-refractivity contribution is -0.135. The molecule has 0 N–H and O–H groups in total. The van der Waals surface area contributed by atoms with Crippen LogP contribution in [0.2, 0.25) is 0 Å². The Bertz CT molecular complexity index is 725. The number of hydrogen-bond acceptors (Lipinski definition) is 5. The van der Waals surface area contributed by atoms with Crippen molar-refractivity contribution in [3.63, 3.8) is 0 Å². The molecule has 0 aliphatic carbocycles. The summed E-state index contributed by atoms with van der Waals surface area (Å²) in [5, 5.41) is 0. The van der Waals surface area contributed by atoms with Gasteiger partial charge in [0.25, 0.3) is 0 Å². The van der Waals surface area contributed by atoms with Crippen molar-refractivity contribution < 1.29 is 23.8 Å². The number of carbonyl (C=O) groups is 2. The minimum atomic E-state index is -0.461. The van der Waals surface area contributed by atoms with Crippen molar-refractivity contribution in [1.29, 1.82) is 0 Å². The molecule has 0 atom stereocenters. The van der Waals surface area contributed by atoms with Crippen molar-refractivity contribution in [3.05, 3.63) is 60.2 Å². The summed E-state index contributed by atoms with van der Waals surface area (Å²) in [7, 11) is 0. The second-order valence-electron chi connectivity index (χ2n) is 6.83. The second kappa shape index (κ2) is 13.5. The first-order chi connectivity index (χ1) is 14.2. The van der Waals surface area contributed by atoms with E-state index in [0.717, 1.165) is 6.42 Å². The maximum Gasteiger partial charge on any atom is 0.343 e. The molecule has 0 heterocycles. The van der Waals surface area contributed by atoms with Crippen LogP contribution in [0.1, 0.15) is 62.2 Å². The first-order valence-corrected chi connectivity index (χ1v) is 10.3. The highest BCUT2D eigenvalue weighted by Gasteiger charge is 2.10. The first-order valence-electron chi connectivity index (χ1n) is 10.3. The summed E-state index contributed by atoms with van der Waals surface area (Å²) in [5.41, 5.74) is 0.385. The summed E-state index contributed by atoms with van der Waals surface area (Å²) in [4.78, 5) is 24.0. The number of benzene rings is 2. The smallest absolute Gasteiger partial charge is 0.343 e. The molecule has 0 aliphatic rings. The summed E-state index contributed by atoms with van der Waals surface area (Å²) in [6, 6.07) is 15.2. The van der Waals surface area contributed by atoms with Gasteiger partial charge >= 0.3 is 11.9 Å². The van der Waals surface area contributed by atoms with Gasteiger partial charge in [-0.25, -0.2) is 4.79 Å². The van der Waals surface area contributed by atoms with E-state index in [0.29, 0.717) is 30.3 Å². The van der Waals surface area contributed by atoms with E-state index < -0.39 is 5.97 Å². The van der Waals surface area contributed by atoms with Crippen LogP contribution in [0, 0.1) is 0 Å². The van der Waals surface area contributed by atoms with Crippen LogP contribution in [0.4, 0.5) is 0 Å². The van der Waals surface area contributed by atoms with Crippen LogP contribution in [-0.2, 0) is 9.53 Å². The molecule has 0 amide bonds. The Morgan fingerprint density at radius 3 is 2.10 bits per heavy atom. The van der Waals surface area contributed by atoms with Crippen molar-refractivity contribution in [1.82, 2.24) is 0 Å². The van der Waals surface area contributed by atoms with Gasteiger partial charge in [0.05, 0.1) is 18.6 Å². The summed E-state index contributed by atoms with van der Waals surface area (Å²) in [6.45, 7) is 3.24. The average Bonchev–Trinajstić information content (AvgIpc) is 2.74. The lowest BCUT2D eigenvalue weighted by atomic mass is 10.1. The molecule has 2 aromatic rings. The van der Waals surface area contributed by atoms with Crippen molar-refractivity contribution in [3.8, 4) is 11.5 Å². The molecular weight excluding hydrogens is 368 g/mol. The Hall–Kier alpha value is -2.66. The molecule has 0 aromatic heterocycles. The van der Waals surface area contributed by atoms with E-state index in [-0.39, 0.29) is 12.4 Å². The minimum Gasteiger partial charge on any atom is -0.426 e. The van der Waals surface area contributed by atoms with Crippen LogP contribution in [0.15, 0.2) is 54.6 Å². The molecule has 0 radical (unpaired) electrons. The fourth-order valence-electron chi connectivity index (χ4n) is 2.74. The molecule has 5 nitrogen and oxygen atoms in total. The lowest BCUT2D eigenvalue weighted by Crippen LogP contribution is -2.12. The number of para-hydroxylation sites is 1. The SMILES string of the molecule is CCCCCCCCOCCC(=O)Oc1ccc(C(=O)Oc2ccccc2)cc1. The molecule has 0 aliphatic heterocycles. The Morgan fingerprint density at radius 2 is 1.38 bits per heavy atom. The van der Waals surface area contributed by atoms with Crippen molar-refractivity contribution in [2.45, 2.75) is 51.9 Å². The summed E-state index contributed by atoms with van der Waals surface area (Å²) < 4.78 is 16.0. The summed E-state index contributed by atoms with van der Waals surface area (Å²) in [6.07, 6.45) is 7.47. The molecule has 2 rings (SSSR count). The molecule has 0 bridgehead atoms. The third-order valence-corrected chi connectivity index (χ3v) is 4.37. The molecule has 0 fully saturated rings. The number of carbonyl (C=O) groups excluding carboxylic acids is 2. The largest absolute Gasteiger partial charge is 0.426 e. The monoisotopic (exact) mass is 398 g/mol. The van der Waals surface area contributed by atoms with Gasteiger partial charge < -0.3 is 14.2 Å². The van der Waals surface area contributed by atoms with E-state index >= 15 is 0 Å². The highest BCUT2D eigenvalue weighted by atomic mass is 16.5. The van der Waals surface area contributed by atoms with E-state index in [2.05, 4.69) is 6.92 Å². The standard InChI is InChI=1S/C24H30O5/c1-2-3-4-5-6-10-18-27-19-17-23(25)28-22-15-13-20(14-16-22)24(26)29-21-11-8-7-9-12-21/h7-9,11-16H,2-6,10,17-19H2,1H3. The van der Waals surface area contributed by atoms with E-state index in [4.69, 9.17) is 14.2 Å². The second-order valence-corrected chi connectivity index (χ2v) is 6.83. The van der Waals surface area contributed by atoms with Gasteiger partial charge in [-0.05, 0) is 42.8 Å². The molecule has 0 spiro atoms. The van der Waals surface area contributed by atoms with Gasteiger partial charge in [0.1, 0.15) is 11.5 Å². The number of unbranched alkanes of at least 4 members (excludes halogenated alkanes) is 5. The quantitative estimate of drug-likeness (QED) is 0.250. The maximum atomic E-state index is 12.1. The van der Waals surface area contributed by atoms with Gasteiger partial charge in [0, 0.05) is 6.61 Å². The Labute approximate surface area is 173 Å². The van der Waals surface area contributed by atoms with Gasteiger partial charge in [-0.3, -0.25) is 4.79 Å². The molecule has 2 aromatic carbocycles. The van der Waals surface area contributed by atoms with Crippen molar-refractivity contribution in [2.24, 2.45) is 0 Å². The van der Waals surface area contributed by atoms with Crippen LogP contribution in [-0.4, -0.2) is 25.2 Å². The van der Waals surface area contributed by atoms with E-state index in [1.165, 1.54) is 32.1 Å². The predicted molar refractivity (Wildman–Crippen MR) is 112 cm³/mol. The van der Waals surface area contributed by atoms with Crippen molar-refractivity contribution >= 4 is 11.9 Å². The third-order valence-electron chi connectivity index (χ3n) is 4.37. The lowest BCUT2D eigenvalue weighted by Gasteiger charge is -2.07. The van der Waals surface area contributed by atoms with Crippen LogP contribution in [0.3, 0.4) is 0 Å². The number of hydrogen-bond donors (Lipinski definition) is 0. The topological polar surface area (TPSA) is 61.8 Å². The van der Waals surface area contributed by atoms with E-state index in [1.54, 1.807) is 48.5 Å². The minimum absolute atomic E-state index is 0.202. The van der Waals surface area contributed by atoms with Crippen LogP contribution < -0.4 is 9.47 Å². The summed E-state index contributed by atoms with van der Waals surface area (Å²) >= 11 is 0. The fourth-order valence-corrected chi connectivity index (χ4v) is 2.74. The number of rotatable bonds is 13. The molecular formula is C24H30O5. The number of ether oxygens (including phenoxy) is 3. The highest BCUT2D eigenvalue weighted by molar-refractivity contribution is 5.91. The molecule has 29 heavy (non-hydrogen) atoms. The van der Waals surface area contributed by atoms with Gasteiger partial charge in [-0.1, -0.05) is 57.2 Å². The Balaban J connectivity index is 1.62. The fraction of sp³-hybridized carbons (Fsp3) is 0.417. The van der Waals surface area contributed by atoms with Gasteiger partial charge in [0.2, 0.25) is 0 Å². The highest BCUT2D eigenvalue weighted by Crippen LogP contribution is 2.16. The molecule has 0 saturated carbocycles. The zero-order valence-electron chi connectivity index (χ0n) is 17.1. The molecule has 5 heteroatoms. The first kappa shape index (κ1) is 22.6. The van der Waals surface area contributed by atoms with Gasteiger partial charge in [-0.15, -0.1) is 0 Å². The van der Waals surface area contributed by atoms with Gasteiger partial charge in [0.15, 0.2) is 0 Å². The third kappa shape index (κ3) is 9.39. The molecule has 0 unspecified atom stereocenters. The predicted octanol–water partition coefficient (Wildman–Crippen LogP) is 5.58. The van der Waals surface area contributed by atoms with Crippen LogP contribution in [0.5, 0.6) is 11.5 Å². The zero-order chi connectivity index (χ0) is 20.7. The van der Waals surface area contributed by atoms with Crippen LogP contribution in [0.25, 0.3) is 0 Å². The number of esters is 2. The maximum absolute atomic E-state index is 12.1.